The molecule has 22 heavy (non-hydrogen) atoms. The number of hydrogen-bond acceptors (Lipinski definition) is 3. The van der Waals surface area contributed by atoms with E-state index in [0.29, 0.717) is 6.61 Å². The zero-order valence-corrected chi connectivity index (χ0v) is 13.1. The fraction of sp³-hybridized carbons (Fsp3) is 0.611. The van der Waals surface area contributed by atoms with Gasteiger partial charge in [0.2, 0.25) is 0 Å². The minimum absolute atomic E-state index is 0.101. The average molecular weight is 304 g/mol. The van der Waals surface area contributed by atoms with E-state index in [4.69, 9.17) is 14.6 Å². The number of carboxylic acid groups (broad SMARTS) is 1. The third-order valence-electron chi connectivity index (χ3n) is 5.32. The van der Waals surface area contributed by atoms with Gasteiger partial charge in [0.1, 0.15) is 6.61 Å². The number of aliphatic carboxylic acids is 1. The first-order valence-corrected chi connectivity index (χ1v) is 8.04. The van der Waals surface area contributed by atoms with E-state index in [0.717, 1.165) is 38.7 Å². The SMILES string of the molecule is Cc1cccc(C23CCC(CCOCC(=O)O)(CC2)CO3)c1. The van der Waals surface area contributed by atoms with Crippen molar-refractivity contribution >= 4 is 5.97 Å². The molecule has 2 bridgehead atoms. The zero-order chi connectivity index (χ0) is 15.6. The van der Waals surface area contributed by atoms with Crippen LogP contribution in [0, 0.1) is 12.3 Å². The first-order valence-electron chi connectivity index (χ1n) is 8.04. The van der Waals surface area contributed by atoms with Gasteiger partial charge in [-0.1, -0.05) is 29.8 Å². The van der Waals surface area contributed by atoms with Gasteiger partial charge in [0, 0.05) is 6.61 Å². The van der Waals surface area contributed by atoms with Crippen molar-refractivity contribution in [3.63, 3.8) is 0 Å². The van der Waals surface area contributed by atoms with Crippen molar-refractivity contribution in [1.82, 2.24) is 0 Å². The molecular formula is C18H24O4. The van der Waals surface area contributed by atoms with Crippen LogP contribution in [0.3, 0.4) is 0 Å². The molecule has 1 saturated carbocycles. The summed E-state index contributed by atoms with van der Waals surface area (Å²) in [7, 11) is 0. The van der Waals surface area contributed by atoms with Crippen LogP contribution >= 0.6 is 0 Å². The second kappa shape index (κ2) is 6.01. The first-order chi connectivity index (χ1) is 10.5. The van der Waals surface area contributed by atoms with E-state index >= 15 is 0 Å². The molecule has 0 unspecified atom stereocenters. The van der Waals surface area contributed by atoms with Crippen molar-refractivity contribution in [3.05, 3.63) is 35.4 Å². The van der Waals surface area contributed by atoms with Gasteiger partial charge in [-0.25, -0.2) is 4.79 Å². The summed E-state index contributed by atoms with van der Waals surface area (Å²) in [4.78, 5) is 10.5. The number of fused-ring (bicyclic) bond motifs is 3. The minimum Gasteiger partial charge on any atom is -0.480 e. The maximum Gasteiger partial charge on any atom is 0.329 e. The molecule has 4 heteroatoms. The van der Waals surface area contributed by atoms with Crippen LogP contribution in [0.5, 0.6) is 0 Å². The summed E-state index contributed by atoms with van der Waals surface area (Å²) in [5.41, 5.74) is 2.67. The normalized spacial score (nSPS) is 30.4. The second-order valence-corrected chi connectivity index (χ2v) is 6.85. The predicted octanol–water partition coefficient (Wildman–Crippen LogP) is 3.27. The Balaban J connectivity index is 1.60. The molecule has 1 aromatic carbocycles. The molecule has 0 atom stereocenters. The standard InChI is InChI=1S/C18H24O4/c1-14-3-2-4-15(11-14)18-7-5-17(6-8-18,13-22-18)9-10-21-12-16(19)20/h2-4,11H,5-10,12-13H2,1H3,(H,19,20). The highest BCUT2D eigenvalue weighted by molar-refractivity contribution is 5.67. The molecule has 3 fully saturated rings. The molecule has 3 aliphatic rings. The van der Waals surface area contributed by atoms with Crippen molar-refractivity contribution < 1.29 is 19.4 Å². The molecular weight excluding hydrogens is 280 g/mol. The van der Waals surface area contributed by atoms with Gasteiger partial charge in [0.25, 0.3) is 0 Å². The van der Waals surface area contributed by atoms with Gasteiger partial charge in [-0.2, -0.15) is 0 Å². The monoisotopic (exact) mass is 304 g/mol. The topological polar surface area (TPSA) is 55.8 Å². The molecule has 0 aromatic heterocycles. The molecule has 0 radical (unpaired) electrons. The van der Waals surface area contributed by atoms with Crippen molar-refractivity contribution in [2.75, 3.05) is 19.8 Å². The largest absolute Gasteiger partial charge is 0.480 e. The molecule has 1 aromatic rings. The quantitative estimate of drug-likeness (QED) is 0.820. The van der Waals surface area contributed by atoms with Crippen molar-refractivity contribution in [2.24, 2.45) is 5.41 Å². The lowest BCUT2D eigenvalue weighted by atomic mass is 9.63. The maximum absolute atomic E-state index is 10.5. The van der Waals surface area contributed by atoms with Gasteiger partial charge in [-0.3, -0.25) is 0 Å². The van der Waals surface area contributed by atoms with E-state index in [1.54, 1.807) is 0 Å². The van der Waals surface area contributed by atoms with Gasteiger partial charge in [-0.05, 0) is 50.0 Å². The predicted molar refractivity (Wildman–Crippen MR) is 82.8 cm³/mol. The third kappa shape index (κ3) is 3.03. The molecule has 0 spiro atoms. The summed E-state index contributed by atoms with van der Waals surface area (Å²) in [5, 5.41) is 8.61. The average Bonchev–Trinajstić information content (AvgIpc) is 2.53. The molecule has 4 rings (SSSR count). The maximum atomic E-state index is 10.5. The summed E-state index contributed by atoms with van der Waals surface area (Å²) >= 11 is 0. The Bertz CT molecular complexity index is 527. The number of benzene rings is 1. The molecule has 2 aliphatic heterocycles. The molecule has 4 nitrogen and oxygen atoms in total. The van der Waals surface area contributed by atoms with E-state index < -0.39 is 5.97 Å². The lowest BCUT2D eigenvalue weighted by Gasteiger charge is -2.53. The Hall–Kier alpha value is -1.39. The van der Waals surface area contributed by atoms with Gasteiger partial charge in [0.15, 0.2) is 0 Å². The molecule has 2 heterocycles. The molecule has 1 N–H and O–H groups in total. The lowest BCUT2D eigenvalue weighted by Crippen LogP contribution is -2.49. The highest BCUT2D eigenvalue weighted by atomic mass is 16.5. The molecule has 1 aliphatic carbocycles. The Morgan fingerprint density at radius 1 is 1.32 bits per heavy atom. The Kier molecular flexibility index (Phi) is 4.24. The Morgan fingerprint density at radius 3 is 2.68 bits per heavy atom. The fourth-order valence-corrected chi connectivity index (χ4v) is 3.83. The Labute approximate surface area is 131 Å². The van der Waals surface area contributed by atoms with Gasteiger partial charge >= 0.3 is 5.97 Å². The zero-order valence-electron chi connectivity index (χ0n) is 13.1. The van der Waals surface area contributed by atoms with Crippen molar-refractivity contribution in [2.45, 2.75) is 44.6 Å². The summed E-state index contributed by atoms with van der Waals surface area (Å²) in [6, 6.07) is 8.66. The van der Waals surface area contributed by atoms with Crippen LogP contribution in [0.25, 0.3) is 0 Å². The molecule has 2 saturated heterocycles. The highest BCUT2D eigenvalue weighted by Gasteiger charge is 2.50. The minimum atomic E-state index is -0.903. The highest BCUT2D eigenvalue weighted by Crippen LogP contribution is 2.54. The van der Waals surface area contributed by atoms with Crippen LogP contribution in [0.1, 0.15) is 43.2 Å². The van der Waals surface area contributed by atoms with E-state index in [2.05, 4.69) is 31.2 Å². The summed E-state index contributed by atoms with van der Waals surface area (Å²) in [6.07, 6.45) is 5.27. The summed E-state index contributed by atoms with van der Waals surface area (Å²) < 4.78 is 11.5. The second-order valence-electron chi connectivity index (χ2n) is 6.85. The lowest BCUT2D eigenvalue weighted by molar-refractivity contribution is -0.194. The van der Waals surface area contributed by atoms with E-state index in [1.807, 2.05) is 0 Å². The third-order valence-corrected chi connectivity index (χ3v) is 5.32. The number of aryl methyl sites for hydroxylation is 1. The van der Waals surface area contributed by atoms with E-state index in [9.17, 15) is 4.79 Å². The summed E-state index contributed by atoms with van der Waals surface area (Å²) in [5.74, 6) is -0.903. The molecule has 0 amide bonds. The Morgan fingerprint density at radius 2 is 2.09 bits per heavy atom. The number of hydrogen-bond donors (Lipinski definition) is 1. The van der Waals surface area contributed by atoms with Crippen LogP contribution in [0.4, 0.5) is 0 Å². The molecule has 120 valence electrons. The van der Waals surface area contributed by atoms with Gasteiger partial charge < -0.3 is 14.6 Å². The van der Waals surface area contributed by atoms with Crippen molar-refractivity contribution in [1.29, 1.82) is 0 Å². The summed E-state index contributed by atoms with van der Waals surface area (Å²) in [6.45, 7) is 3.19. The number of rotatable bonds is 6. The van der Waals surface area contributed by atoms with Crippen LogP contribution in [-0.2, 0) is 19.9 Å². The number of carbonyl (C=O) groups is 1. The van der Waals surface area contributed by atoms with Gasteiger partial charge in [0.05, 0.1) is 12.2 Å². The number of carboxylic acids is 1. The first kappa shape index (κ1) is 15.5. The van der Waals surface area contributed by atoms with Crippen molar-refractivity contribution in [3.8, 4) is 0 Å². The van der Waals surface area contributed by atoms with Crippen LogP contribution in [0.2, 0.25) is 0 Å². The number of ether oxygens (including phenoxy) is 2. The van der Waals surface area contributed by atoms with Crippen LogP contribution < -0.4 is 0 Å². The van der Waals surface area contributed by atoms with E-state index in [1.165, 1.54) is 11.1 Å². The van der Waals surface area contributed by atoms with Crippen LogP contribution in [0.15, 0.2) is 24.3 Å². The van der Waals surface area contributed by atoms with E-state index in [-0.39, 0.29) is 17.6 Å². The van der Waals surface area contributed by atoms with Crippen LogP contribution in [-0.4, -0.2) is 30.9 Å². The van der Waals surface area contributed by atoms with Gasteiger partial charge in [-0.15, -0.1) is 0 Å². The smallest absolute Gasteiger partial charge is 0.329 e. The fourth-order valence-electron chi connectivity index (χ4n) is 3.83.